The zero-order valence-corrected chi connectivity index (χ0v) is 14.4. The Morgan fingerprint density at radius 3 is 2.67 bits per heavy atom. The zero-order valence-electron chi connectivity index (χ0n) is 13.7. The van der Waals surface area contributed by atoms with Gasteiger partial charge in [0.05, 0.1) is 6.42 Å². The lowest BCUT2D eigenvalue weighted by Crippen LogP contribution is -2.39. The second-order valence-electron chi connectivity index (χ2n) is 5.75. The number of halogens is 1. The molecular formula is C19H21ClN3O+. The number of amides is 1. The van der Waals surface area contributed by atoms with Crippen LogP contribution in [0.4, 0.5) is 0 Å². The highest BCUT2D eigenvalue weighted by Crippen LogP contribution is 2.13. The van der Waals surface area contributed by atoms with E-state index in [1.54, 1.807) is 0 Å². The van der Waals surface area contributed by atoms with Crippen molar-refractivity contribution in [3.8, 4) is 0 Å². The quantitative estimate of drug-likeness (QED) is 0.664. The number of carbonyl (C=O) groups is 1. The van der Waals surface area contributed by atoms with Crippen molar-refractivity contribution in [2.24, 2.45) is 0 Å². The number of para-hydroxylation sites is 2. The first-order valence-electron chi connectivity index (χ1n) is 8.18. The number of fused-ring (bicyclic) bond motifs is 1. The van der Waals surface area contributed by atoms with Gasteiger partial charge >= 0.3 is 0 Å². The second-order valence-corrected chi connectivity index (χ2v) is 6.19. The highest BCUT2D eigenvalue weighted by Gasteiger charge is 2.18. The van der Waals surface area contributed by atoms with Gasteiger partial charge in [-0.3, -0.25) is 4.79 Å². The Labute approximate surface area is 146 Å². The number of benzene rings is 2. The molecule has 2 N–H and O–H groups in total. The molecule has 0 unspecified atom stereocenters. The standard InChI is InChI=1S/C19H20ClN3O/c1-2-19(24)21-12-11-18-22-16-5-3-4-6-17(16)23(18)13-14-7-9-15(20)10-8-14/h3-10H,2,11-13H2,1H3,(H,21,24)/p+1. The van der Waals surface area contributed by atoms with Crippen molar-refractivity contribution in [3.63, 3.8) is 0 Å². The summed E-state index contributed by atoms with van der Waals surface area (Å²) in [5.41, 5.74) is 3.44. The Bertz CT molecular complexity index is 839. The van der Waals surface area contributed by atoms with Crippen LogP contribution in [0, 0.1) is 0 Å². The highest BCUT2D eigenvalue weighted by molar-refractivity contribution is 6.30. The number of nitrogens with zero attached hydrogens (tertiary/aromatic N) is 1. The van der Waals surface area contributed by atoms with Crippen LogP contribution in [0.25, 0.3) is 11.0 Å². The second kappa shape index (κ2) is 7.49. The Balaban J connectivity index is 1.87. The fourth-order valence-corrected chi connectivity index (χ4v) is 2.90. The number of imidazole rings is 1. The minimum absolute atomic E-state index is 0.0790. The summed E-state index contributed by atoms with van der Waals surface area (Å²) in [6.07, 6.45) is 1.27. The maximum atomic E-state index is 11.4. The normalized spacial score (nSPS) is 10.9. The van der Waals surface area contributed by atoms with Gasteiger partial charge in [0.2, 0.25) is 5.91 Å². The molecule has 2 aromatic carbocycles. The van der Waals surface area contributed by atoms with Crippen LogP contribution in [0.5, 0.6) is 0 Å². The van der Waals surface area contributed by atoms with Crippen molar-refractivity contribution in [3.05, 3.63) is 64.9 Å². The number of carbonyl (C=O) groups excluding carboxylic acids is 1. The molecule has 0 aliphatic carbocycles. The average Bonchev–Trinajstić information content (AvgIpc) is 2.94. The molecule has 0 spiro atoms. The minimum atomic E-state index is 0.0790. The van der Waals surface area contributed by atoms with E-state index in [2.05, 4.69) is 27.0 Å². The first kappa shape index (κ1) is 16.5. The van der Waals surface area contributed by atoms with Crippen LogP contribution in [0.3, 0.4) is 0 Å². The number of aromatic amines is 1. The third-order valence-corrected chi connectivity index (χ3v) is 4.31. The lowest BCUT2D eigenvalue weighted by Gasteiger charge is -2.04. The van der Waals surface area contributed by atoms with E-state index in [0.717, 1.165) is 34.8 Å². The third kappa shape index (κ3) is 3.77. The molecule has 3 aromatic rings. The van der Waals surface area contributed by atoms with Gasteiger partial charge in [0, 0.05) is 18.0 Å². The molecule has 0 saturated heterocycles. The summed E-state index contributed by atoms with van der Waals surface area (Å²) >= 11 is 5.98. The van der Waals surface area contributed by atoms with Crippen molar-refractivity contribution < 1.29 is 9.36 Å². The fraction of sp³-hybridized carbons (Fsp3) is 0.263. The van der Waals surface area contributed by atoms with Gasteiger partial charge in [-0.1, -0.05) is 42.8 Å². The molecule has 0 radical (unpaired) electrons. The average molecular weight is 343 g/mol. The monoisotopic (exact) mass is 342 g/mol. The predicted molar refractivity (Wildman–Crippen MR) is 96.1 cm³/mol. The van der Waals surface area contributed by atoms with Crippen LogP contribution in [0.1, 0.15) is 24.7 Å². The van der Waals surface area contributed by atoms with Crippen molar-refractivity contribution >= 4 is 28.5 Å². The van der Waals surface area contributed by atoms with Crippen LogP contribution in [-0.2, 0) is 17.8 Å². The molecule has 1 heterocycles. The Hall–Kier alpha value is -2.33. The molecule has 0 saturated carbocycles. The molecule has 5 heteroatoms. The van der Waals surface area contributed by atoms with Crippen LogP contribution < -0.4 is 9.88 Å². The summed E-state index contributed by atoms with van der Waals surface area (Å²) in [6.45, 7) is 3.25. The largest absolute Gasteiger partial charge is 0.355 e. The molecule has 0 fully saturated rings. The summed E-state index contributed by atoms with van der Waals surface area (Å²) in [5.74, 6) is 1.18. The number of hydrogen-bond donors (Lipinski definition) is 2. The lowest BCUT2D eigenvalue weighted by molar-refractivity contribution is -0.669. The summed E-state index contributed by atoms with van der Waals surface area (Å²) in [4.78, 5) is 14.9. The van der Waals surface area contributed by atoms with Crippen molar-refractivity contribution in [2.75, 3.05) is 6.54 Å². The first-order chi connectivity index (χ1) is 11.7. The van der Waals surface area contributed by atoms with E-state index < -0.39 is 0 Å². The number of aromatic nitrogens is 2. The van der Waals surface area contributed by atoms with Crippen LogP contribution >= 0.6 is 11.6 Å². The van der Waals surface area contributed by atoms with Crippen molar-refractivity contribution in [1.82, 2.24) is 10.3 Å². The highest BCUT2D eigenvalue weighted by atomic mass is 35.5. The number of H-pyrrole nitrogens is 1. The van der Waals surface area contributed by atoms with Gasteiger partial charge < -0.3 is 5.32 Å². The predicted octanol–water partition coefficient (Wildman–Crippen LogP) is 3.23. The van der Waals surface area contributed by atoms with E-state index in [-0.39, 0.29) is 5.91 Å². The van der Waals surface area contributed by atoms with E-state index in [9.17, 15) is 4.79 Å². The van der Waals surface area contributed by atoms with E-state index in [1.165, 1.54) is 5.56 Å². The van der Waals surface area contributed by atoms with Gasteiger partial charge in [0.1, 0.15) is 6.54 Å². The SMILES string of the molecule is CCC(=O)NCCc1[nH]c2ccccc2[n+]1Cc1ccc(Cl)cc1. The molecule has 3 rings (SSSR count). The summed E-state index contributed by atoms with van der Waals surface area (Å²) in [5, 5.41) is 3.67. The fourth-order valence-electron chi connectivity index (χ4n) is 2.78. The maximum Gasteiger partial charge on any atom is 0.257 e. The Morgan fingerprint density at radius 2 is 1.92 bits per heavy atom. The van der Waals surface area contributed by atoms with Crippen molar-refractivity contribution in [1.29, 1.82) is 0 Å². The molecule has 4 nitrogen and oxygen atoms in total. The molecule has 0 atom stereocenters. The smallest absolute Gasteiger partial charge is 0.257 e. The summed E-state index contributed by atoms with van der Waals surface area (Å²) in [6, 6.07) is 16.1. The Kier molecular flexibility index (Phi) is 5.16. The van der Waals surface area contributed by atoms with Gasteiger partial charge in [-0.05, 0) is 29.8 Å². The number of rotatable bonds is 6. The molecule has 24 heavy (non-hydrogen) atoms. The van der Waals surface area contributed by atoms with Gasteiger partial charge in [0.15, 0.2) is 11.0 Å². The molecule has 0 bridgehead atoms. The molecule has 0 aliphatic heterocycles. The van der Waals surface area contributed by atoms with Gasteiger partial charge in [-0.2, -0.15) is 0 Å². The van der Waals surface area contributed by atoms with Gasteiger partial charge in [0.25, 0.3) is 5.82 Å². The van der Waals surface area contributed by atoms with Gasteiger partial charge in [-0.15, -0.1) is 0 Å². The van der Waals surface area contributed by atoms with E-state index in [0.29, 0.717) is 13.0 Å². The zero-order chi connectivity index (χ0) is 16.9. The maximum absolute atomic E-state index is 11.4. The molecule has 124 valence electrons. The molecule has 1 amide bonds. The molecular weight excluding hydrogens is 322 g/mol. The number of hydrogen-bond acceptors (Lipinski definition) is 1. The van der Waals surface area contributed by atoms with E-state index >= 15 is 0 Å². The molecule has 1 aromatic heterocycles. The van der Waals surface area contributed by atoms with Crippen LogP contribution in [0.15, 0.2) is 48.5 Å². The first-order valence-corrected chi connectivity index (χ1v) is 8.55. The number of nitrogens with one attached hydrogen (secondary N) is 2. The van der Waals surface area contributed by atoms with Crippen molar-refractivity contribution in [2.45, 2.75) is 26.3 Å². The topological polar surface area (TPSA) is 48.8 Å². The van der Waals surface area contributed by atoms with Crippen LogP contribution in [-0.4, -0.2) is 17.4 Å². The summed E-state index contributed by atoms with van der Waals surface area (Å²) < 4.78 is 2.26. The van der Waals surface area contributed by atoms with Crippen LogP contribution in [0.2, 0.25) is 5.02 Å². The Morgan fingerprint density at radius 1 is 1.17 bits per heavy atom. The lowest BCUT2D eigenvalue weighted by atomic mass is 10.2. The third-order valence-electron chi connectivity index (χ3n) is 4.06. The molecule has 0 aliphatic rings. The summed E-state index contributed by atoms with van der Waals surface area (Å²) in [7, 11) is 0. The van der Waals surface area contributed by atoms with E-state index in [1.807, 2.05) is 43.3 Å². The minimum Gasteiger partial charge on any atom is -0.355 e. The van der Waals surface area contributed by atoms with Gasteiger partial charge in [-0.25, -0.2) is 9.55 Å². The van der Waals surface area contributed by atoms with E-state index in [4.69, 9.17) is 11.6 Å².